The molecule has 4 unspecified atom stereocenters. The second-order valence-electron chi connectivity index (χ2n) is 7.83. The van der Waals surface area contributed by atoms with Gasteiger partial charge in [0.05, 0.1) is 6.54 Å². The number of fused-ring (bicyclic) bond motifs is 1. The lowest BCUT2D eigenvalue weighted by Gasteiger charge is -2.27. The van der Waals surface area contributed by atoms with Crippen LogP contribution in [0.3, 0.4) is 0 Å². The Bertz CT molecular complexity index is 973. The maximum Gasteiger partial charge on any atom is 0.325 e. The minimum atomic E-state index is -1.18. The van der Waals surface area contributed by atoms with Crippen molar-refractivity contribution < 1.29 is 24.3 Å². The molecule has 3 amide bonds. The molecule has 1 aromatic carbocycles. The van der Waals surface area contributed by atoms with Crippen molar-refractivity contribution in [2.45, 2.75) is 51.7 Å². The first kappa shape index (κ1) is 24.9. The van der Waals surface area contributed by atoms with Crippen LogP contribution >= 0.6 is 0 Å². The SMILES string of the molecule is CCC(C)C(NC(=O)C(Cc1c[nH]c2ccccc12)NC(=O)CN)C(=O)NC(C)C(=O)O. The Morgan fingerprint density at radius 2 is 1.75 bits per heavy atom. The molecule has 0 saturated carbocycles. The number of hydrogen-bond acceptors (Lipinski definition) is 5. The van der Waals surface area contributed by atoms with Crippen molar-refractivity contribution in [2.75, 3.05) is 6.54 Å². The highest BCUT2D eigenvalue weighted by Crippen LogP contribution is 2.19. The Balaban J connectivity index is 2.24. The van der Waals surface area contributed by atoms with E-state index in [1.54, 1.807) is 13.1 Å². The van der Waals surface area contributed by atoms with Crippen molar-refractivity contribution in [3.8, 4) is 0 Å². The first-order valence-corrected chi connectivity index (χ1v) is 10.6. The van der Waals surface area contributed by atoms with E-state index in [1.165, 1.54) is 6.92 Å². The monoisotopic (exact) mass is 445 g/mol. The number of carboxylic acid groups (broad SMARTS) is 1. The summed E-state index contributed by atoms with van der Waals surface area (Å²) in [5, 5.41) is 17.7. The average molecular weight is 446 g/mol. The zero-order valence-corrected chi connectivity index (χ0v) is 18.5. The molecule has 0 radical (unpaired) electrons. The second kappa shape index (κ2) is 11.3. The third-order valence-electron chi connectivity index (χ3n) is 5.46. The molecule has 0 saturated heterocycles. The van der Waals surface area contributed by atoms with Gasteiger partial charge in [0.25, 0.3) is 0 Å². The summed E-state index contributed by atoms with van der Waals surface area (Å²) < 4.78 is 0. The van der Waals surface area contributed by atoms with Crippen LogP contribution in [0.1, 0.15) is 32.8 Å². The van der Waals surface area contributed by atoms with Gasteiger partial charge in [0.15, 0.2) is 0 Å². The number of carbonyl (C=O) groups excluding carboxylic acids is 3. The van der Waals surface area contributed by atoms with Crippen LogP contribution in [-0.2, 0) is 25.6 Å². The number of para-hydroxylation sites is 1. The number of rotatable bonds is 11. The number of benzene rings is 1. The lowest BCUT2D eigenvalue weighted by Crippen LogP contribution is -2.58. The first-order valence-electron chi connectivity index (χ1n) is 10.6. The number of hydrogen-bond donors (Lipinski definition) is 6. The highest BCUT2D eigenvalue weighted by atomic mass is 16.4. The number of nitrogens with two attached hydrogens (primary N) is 1. The summed E-state index contributed by atoms with van der Waals surface area (Å²) in [6.07, 6.45) is 2.52. The van der Waals surface area contributed by atoms with Gasteiger partial charge in [0.1, 0.15) is 18.1 Å². The van der Waals surface area contributed by atoms with E-state index in [9.17, 15) is 19.2 Å². The van der Waals surface area contributed by atoms with Gasteiger partial charge in [-0.05, 0) is 24.5 Å². The molecule has 4 atom stereocenters. The van der Waals surface area contributed by atoms with E-state index in [0.29, 0.717) is 6.42 Å². The predicted octanol–water partition coefficient (Wildman–Crippen LogP) is 0.274. The number of H-pyrrole nitrogens is 1. The quantitative estimate of drug-likeness (QED) is 0.290. The molecule has 0 aliphatic carbocycles. The van der Waals surface area contributed by atoms with Crippen molar-refractivity contribution in [3.05, 3.63) is 36.0 Å². The number of aromatic nitrogens is 1. The summed E-state index contributed by atoms with van der Waals surface area (Å²) in [7, 11) is 0. The van der Waals surface area contributed by atoms with Crippen molar-refractivity contribution in [2.24, 2.45) is 11.7 Å². The van der Waals surface area contributed by atoms with Crippen LogP contribution in [-0.4, -0.2) is 58.5 Å². The van der Waals surface area contributed by atoms with Gasteiger partial charge in [-0.1, -0.05) is 38.5 Å². The Morgan fingerprint density at radius 1 is 1.06 bits per heavy atom. The van der Waals surface area contributed by atoms with Crippen molar-refractivity contribution in [1.29, 1.82) is 0 Å². The molecule has 1 aromatic heterocycles. The summed E-state index contributed by atoms with van der Waals surface area (Å²) in [6, 6.07) is 4.53. The van der Waals surface area contributed by atoms with E-state index >= 15 is 0 Å². The largest absolute Gasteiger partial charge is 0.480 e. The smallest absolute Gasteiger partial charge is 0.325 e. The molecular weight excluding hydrogens is 414 g/mol. The van der Waals surface area contributed by atoms with Crippen LogP contribution in [0, 0.1) is 5.92 Å². The minimum Gasteiger partial charge on any atom is -0.480 e. The summed E-state index contributed by atoms with van der Waals surface area (Å²) >= 11 is 0. The number of nitrogens with one attached hydrogen (secondary N) is 4. The normalized spacial score (nSPS) is 14.8. The molecule has 0 bridgehead atoms. The van der Waals surface area contributed by atoms with Crippen molar-refractivity contribution in [3.63, 3.8) is 0 Å². The van der Waals surface area contributed by atoms with E-state index < -0.39 is 41.8 Å². The number of aromatic amines is 1. The highest BCUT2D eigenvalue weighted by Gasteiger charge is 2.31. The van der Waals surface area contributed by atoms with Crippen LogP contribution < -0.4 is 21.7 Å². The molecule has 2 rings (SSSR count). The van der Waals surface area contributed by atoms with Gasteiger partial charge >= 0.3 is 5.97 Å². The molecule has 0 fully saturated rings. The fraction of sp³-hybridized carbons (Fsp3) is 0.455. The van der Waals surface area contributed by atoms with Crippen LogP contribution in [0.5, 0.6) is 0 Å². The van der Waals surface area contributed by atoms with Gasteiger partial charge in [-0.3, -0.25) is 19.2 Å². The molecule has 1 heterocycles. The van der Waals surface area contributed by atoms with Gasteiger partial charge in [-0.25, -0.2) is 0 Å². The van der Waals surface area contributed by atoms with E-state index in [2.05, 4.69) is 20.9 Å². The van der Waals surface area contributed by atoms with Gasteiger partial charge in [0, 0.05) is 23.5 Å². The molecule has 10 nitrogen and oxygen atoms in total. The van der Waals surface area contributed by atoms with Crippen LogP contribution in [0.25, 0.3) is 10.9 Å². The first-order chi connectivity index (χ1) is 15.2. The average Bonchev–Trinajstić information content (AvgIpc) is 3.18. The fourth-order valence-electron chi connectivity index (χ4n) is 3.30. The van der Waals surface area contributed by atoms with E-state index in [0.717, 1.165) is 16.5 Å². The van der Waals surface area contributed by atoms with Gasteiger partial charge in [-0.15, -0.1) is 0 Å². The number of amides is 3. The maximum absolute atomic E-state index is 13.1. The van der Waals surface area contributed by atoms with E-state index in [1.807, 2.05) is 31.2 Å². The molecule has 0 aliphatic heterocycles. The summed E-state index contributed by atoms with van der Waals surface area (Å²) in [5.74, 6) is -3.10. The molecular formula is C22H31N5O5. The van der Waals surface area contributed by atoms with Gasteiger partial charge in [-0.2, -0.15) is 0 Å². The van der Waals surface area contributed by atoms with Crippen LogP contribution in [0.2, 0.25) is 0 Å². The predicted molar refractivity (Wildman–Crippen MR) is 120 cm³/mol. The highest BCUT2D eigenvalue weighted by molar-refractivity contribution is 5.94. The minimum absolute atomic E-state index is 0.183. The fourth-order valence-corrected chi connectivity index (χ4v) is 3.30. The van der Waals surface area contributed by atoms with E-state index in [4.69, 9.17) is 10.8 Å². The standard InChI is InChI=1S/C22H31N5O5/c1-4-12(2)19(21(30)25-13(3)22(31)32)27-20(29)17(26-18(28)10-23)9-14-11-24-16-8-6-5-7-15(14)16/h5-8,11-13,17,19,24H,4,9-10,23H2,1-3H3,(H,25,30)(H,26,28)(H,27,29)(H,31,32). The number of aliphatic carboxylic acids is 1. The number of carbonyl (C=O) groups is 4. The Kier molecular flexibility index (Phi) is 8.77. The maximum atomic E-state index is 13.1. The summed E-state index contributed by atoms with van der Waals surface area (Å²) in [5.41, 5.74) is 7.13. The molecule has 174 valence electrons. The third kappa shape index (κ3) is 6.30. The molecule has 0 aliphatic rings. The summed E-state index contributed by atoms with van der Waals surface area (Å²) in [6.45, 7) is 4.69. The molecule has 10 heteroatoms. The van der Waals surface area contributed by atoms with E-state index in [-0.39, 0.29) is 18.9 Å². The lowest BCUT2D eigenvalue weighted by molar-refractivity contribution is -0.142. The zero-order valence-electron chi connectivity index (χ0n) is 18.5. The Hall–Kier alpha value is -3.40. The van der Waals surface area contributed by atoms with Gasteiger partial charge < -0.3 is 31.8 Å². The van der Waals surface area contributed by atoms with Crippen molar-refractivity contribution in [1.82, 2.24) is 20.9 Å². The Morgan fingerprint density at radius 3 is 2.38 bits per heavy atom. The Labute approximate surface area is 186 Å². The number of carboxylic acids is 1. The zero-order chi connectivity index (χ0) is 23.8. The van der Waals surface area contributed by atoms with Crippen LogP contribution in [0.15, 0.2) is 30.5 Å². The van der Waals surface area contributed by atoms with Gasteiger partial charge in [0.2, 0.25) is 17.7 Å². The lowest BCUT2D eigenvalue weighted by atomic mass is 9.96. The molecule has 7 N–H and O–H groups in total. The molecule has 0 spiro atoms. The van der Waals surface area contributed by atoms with Crippen molar-refractivity contribution >= 4 is 34.6 Å². The summed E-state index contributed by atoms with van der Waals surface area (Å²) in [4.78, 5) is 52.0. The topological polar surface area (TPSA) is 166 Å². The molecule has 2 aromatic rings. The van der Waals surface area contributed by atoms with Crippen LogP contribution in [0.4, 0.5) is 0 Å². The second-order valence-corrected chi connectivity index (χ2v) is 7.83. The molecule has 32 heavy (non-hydrogen) atoms. The third-order valence-corrected chi connectivity index (χ3v) is 5.46.